The van der Waals surface area contributed by atoms with Crippen LogP contribution in [0, 0.1) is 0 Å². The average Bonchev–Trinajstić information content (AvgIpc) is 3.29. The van der Waals surface area contributed by atoms with E-state index in [2.05, 4.69) is 37.4 Å². The Balaban J connectivity index is 0.00000450. The number of benzene rings is 1. The highest BCUT2D eigenvalue weighted by molar-refractivity contribution is 14.0. The quantitative estimate of drug-likeness (QED) is 0.150. The Labute approximate surface area is 198 Å². The third-order valence-corrected chi connectivity index (χ3v) is 5.35. The maximum atomic E-state index is 11.1. The van der Waals surface area contributed by atoms with Gasteiger partial charge in [0.25, 0.3) is 0 Å². The molecule has 2 N–H and O–H groups in total. The fourth-order valence-electron chi connectivity index (χ4n) is 3.63. The monoisotopic (exact) mass is 532 g/mol. The van der Waals surface area contributed by atoms with Crippen molar-refractivity contribution in [3.8, 4) is 5.75 Å². The molecular weight excluding hydrogens is 495 g/mol. The van der Waals surface area contributed by atoms with Gasteiger partial charge in [0.2, 0.25) is 0 Å². The van der Waals surface area contributed by atoms with Gasteiger partial charge in [0, 0.05) is 26.6 Å². The number of guanidine groups is 1. The Morgan fingerprint density at radius 1 is 1.10 bits per heavy atom. The summed E-state index contributed by atoms with van der Waals surface area (Å²) in [6.07, 6.45) is 5.83. The third-order valence-electron chi connectivity index (χ3n) is 5.35. The van der Waals surface area contributed by atoms with Gasteiger partial charge in [-0.3, -0.25) is 14.7 Å². The van der Waals surface area contributed by atoms with Gasteiger partial charge in [0.1, 0.15) is 5.75 Å². The van der Waals surface area contributed by atoms with Crippen LogP contribution in [0.25, 0.3) is 0 Å². The molecule has 1 heterocycles. The Hall–Kier alpha value is -1.55. The number of hydrogen-bond donors (Lipinski definition) is 2. The molecule has 0 amide bonds. The second-order valence-electron chi connectivity index (χ2n) is 7.30. The maximum Gasteiger partial charge on any atom is 0.305 e. The molecule has 0 saturated carbocycles. The zero-order valence-corrected chi connectivity index (χ0v) is 20.8. The van der Waals surface area contributed by atoms with Crippen molar-refractivity contribution < 1.29 is 14.3 Å². The van der Waals surface area contributed by atoms with Gasteiger partial charge in [-0.1, -0.05) is 18.6 Å². The average molecular weight is 532 g/mol. The summed E-state index contributed by atoms with van der Waals surface area (Å²) in [6, 6.07) is 8.67. The van der Waals surface area contributed by atoms with Crippen molar-refractivity contribution in [2.75, 3.05) is 47.4 Å². The number of carbonyl (C=O) groups excluding carboxylic acids is 1. The minimum atomic E-state index is -0.137. The highest BCUT2D eigenvalue weighted by Crippen LogP contribution is 2.26. The lowest BCUT2D eigenvalue weighted by atomic mass is 10.1. The largest absolute Gasteiger partial charge is 0.497 e. The zero-order valence-electron chi connectivity index (χ0n) is 18.5. The van der Waals surface area contributed by atoms with Crippen LogP contribution in [0.4, 0.5) is 0 Å². The van der Waals surface area contributed by atoms with Gasteiger partial charge in [-0.05, 0) is 56.5 Å². The molecule has 0 spiro atoms. The number of esters is 1. The van der Waals surface area contributed by atoms with Gasteiger partial charge in [-0.15, -0.1) is 24.0 Å². The van der Waals surface area contributed by atoms with E-state index in [1.54, 1.807) is 14.2 Å². The number of likely N-dealkylation sites (tertiary alicyclic amines) is 1. The number of rotatable bonds is 11. The predicted octanol–water partition coefficient (Wildman–Crippen LogP) is 3.35. The molecule has 170 valence electrons. The maximum absolute atomic E-state index is 11.1. The number of ether oxygens (including phenoxy) is 2. The predicted molar refractivity (Wildman–Crippen MR) is 132 cm³/mol. The Morgan fingerprint density at radius 3 is 2.40 bits per heavy atom. The van der Waals surface area contributed by atoms with Gasteiger partial charge < -0.3 is 20.1 Å². The lowest BCUT2D eigenvalue weighted by molar-refractivity contribution is -0.140. The van der Waals surface area contributed by atoms with Gasteiger partial charge in [-0.2, -0.15) is 0 Å². The van der Waals surface area contributed by atoms with E-state index in [-0.39, 0.29) is 29.9 Å². The first-order valence-electron chi connectivity index (χ1n) is 10.6. The normalized spacial score (nSPS) is 15.2. The smallest absolute Gasteiger partial charge is 0.305 e. The second kappa shape index (κ2) is 15.3. The molecule has 1 unspecified atom stereocenters. The van der Waals surface area contributed by atoms with Crippen LogP contribution in [-0.2, 0) is 9.53 Å². The SMILES string of the molecule is CN=C(NCCCCCC(=O)OC)NCC(c1ccc(OC)cc1)N1CCCC1.I. The molecule has 1 aliphatic rings. The minimum Gasteiger partial charge on any atom is -0.497 e. The van der Waals surface area contributed by atoms with Crippen molar-refractivity contribution in [3.63, 3.8) is 0 Å². The van der Waals surface area contributed by atoms with Crippen molar-refractivity contribution in [1.82, 2.24) is 15.5 Å². The second-order valence-corrected chi connectivity index (χ2v) is 7.30. The molecule has 0 aliphatic carbocycles. The number of halogens is 1. The van der Waals surface area contributed by atoms with E-state index in [0.717, 1.165) is 57.2 Å². The number of unbranched alkanes of at least 4 members (excludes halogenated alkanes) is 2. The number of methoxy groups -OCH3 is 2. The molecule has 7 nitrogen and oxygen atoms in total. The molecular formula is C22H37IN4O3. The molecule has 2 rings (SSSR count). The third kappa shape index (κ3) is 9.07. The van der Waals surface area contributed by atoms with Crippen molar-refractivity contribution in [3.05, 3.63) is 29.8 Å². The summed E-state index contributed by atoms with van der Waals surface area (Å²) in [5, 5.41) is 6.85. The molecule has 1 saturated heterocycles. The summed E-state index contributed by atoms with van der Waals surface area (Å²) in [5.41, 5.74) is 1.29. The number of hydrogen-bond acceptors (Lipinski definition) is 5. The summed E-state index contributed by atoms with van der Waals surface area (Å²) in [4.78, 5) is 18.0. The standard InChI is InChI=1S/C22H36N4O3.HI/c1-23-22(24-14-6-4-5-9-21(27)29-3)25-17-20(26-15-7-8-16-26)18-10-12-19(28-2)13-11-18;/h10-13,20H,4-9,14-17H2,1-3H3,(H2,23,24,25);1H. The van der Waals surface area contributed by atoms with Crippen LogP contribution in [0.1, 0.15) is 50.1 Å². The fourth-order valence-corrected chi connectivity index (χ4v) is 3.63. The minimum absolute atomic E-state index is 0. The van der Waals surface area contributed by atoms with Crippen LogP contribution in [0.15, 0.2) is 29.3 Å². The lowest BCUT2D eigenvalue weighted by Crippen LogP contribution is -2.43. The van der Waals surface area contributed by atoms with E-state index in [0.29, 0.717) is 12.5 Å². The molecule has 1 aliphatic heterocycles. The van der Waals surface area contributed by atoms with Gasteiger partial charge >= 0.3 is 5.97 Å². The Kier molecular flexibility index (Phi) is 13.5. The lowest BCUT2D eigenvalue weighted by Gasteiger charge is -2.29. The van der Waals surface area contributed by atoms with Crippen molar-refractivity contribution in [1.29, 1.82) is 0 Å². The van der Waals surface area contributed by atoms with E-state index in [4.69, 9.17) is 4.74 Å². The number of nitrogens with one attached hydrogen (secondary N) is 2. The Morgan fingerprint density at radius 2 is 1.80 bits per heavy atom. The van der Waals surface area contributed by atoms with Crippen LogP contribution < -0.4 is 15.4 Å². The number of carbonyl (C=O) groups is 1. The summed E-state index contributed by atoms with van der Waals surface area (Å²) in [5.74, 6) is 1.56. The van der Waals surface area contributed by atoms with Crippen LogP contribution in [0.5, 0.6) is 5.75 Å². The first-order valence-corrected chi connectivity index (χ1v) is 10.6. The molecule has 1 fully saturated rings. The van der Waals surface area contributed by atoms with Gasteiger partial charge in [0.05, 0.1) is 20.3 Å². The topological polar surface area (TPSA) is 75.2 Å². The molecule has 1 aromatic carbocycles. The van der Waals surface area contributed by atoms with E-state index in [9.17, 15) is 4.79 Å². The van der Waals surface area contributed by atoms with Gasteiger partial charge in [-0.25, -0.2) is 0 Å². The summed E-state index contributed by atoms with van der Waals surface area (Å²) in [6.45, 7) is 3.89. The zero-order chi connectivity index (χ0) is 20.9. The number of aliphatic imine (C=N–C) groups is 1. The van der Waals surface area contributed by atoms with E-state index >= 15 is 0 Å². The van der Waals surface area contributed by atoms with Gasteiger partial charge in [0.15, 0.2) is 5.96 Å². The van der Waals surface area contributed by atoms with E-state index < -0.39 is 0 Å². The van der Waals surface area contributed by atoms with Crippen LogP contribution in [0.2, 0.25) is 0 Å². The summed E-state index contributed by atoms with van der Waals surface area (Å²) < 4.78 is 9.96. The van der Waals surface area contributed by atoms with Crippen LogP contribution in [-0.4, -0.2) is 64.3 Å². The summed E-state index contributed by atoms with van der Waals surface area (Å²) in [7, 11) is 4.92. The fraction of sp³-hybridized carbons (Fsp3) is 0.636. The van der Waals surface area contributed by atoms with Crippen molar-refractivity contribution in [2.24, 2.45) is 4.99 Å². The molecule has 0 bridgehead atoms. The van der Waals surface area contributed by atoms with Crippen LogP contribution in [0.3, 0.4) is 0 Å². The molecule has 8 heteroatoms. The van der Waals surface area contributed by atoms with Crippen molar-refractivity contribution >= 4 is 35.9 Å². The highest BCUT2D eigenvalue weighted by atomic mass is 127. The highest BCUT2D eigenvalue weighted by Gasteiger charge is 2.23. The molecule has 1 atom stereocenters. The number of nitrogens with zero attached hydrogens (tertiary/aromatic N) is 2. The molecule has 30 heavy (non-hydrogen) atoms. The molecule has 0 radical (unpaired) electrons. The first kappa shape index (κ1) is 26.5. The van der Waals surface area contributed by atoms with E-state index in [1.165, 1.54) is 25.5 Å². The van der Waals surface area contributed by atoms with Crippen LogP contribution >= 0.6 is 24.0 Å². The molecule has 1 aromatic rings. The van der Waals surface area contributed by atoms with Crippen molar-refractivity contribution in [2.45, 2.75) is 44.6 Å². The first-order chi connectivity index (χ1) is 14.2. The summed E-state index contributed by atoms with van der Waals surface area (Å²) >= 11 is 0. The Bertz CT molecular complexity index is 634. The molecule has 0 aromatic heterocycles. The van der Waals surface area contributed by atoms with E-state index in [1.807, 2.05) is 12.1 Å².